The van der Waals surface area contributed by atoms with Crippen LogP contribution in [0.4, 0.5) is 34.1 Å². The Balaban J connectivity index is 0.000000218. The Bertz CT molecular complexity index is 5670. The topological polar surface area (TPSA) is 260 Å². The summed E-state index contributed by atoms with van der Waals surface area (Å²) >= 11 is 69.2. The van der Waals surface area contributed by atoms with Crippen LogP contribution < -0.4 is 51.6 Å². The predicted molar refractivity (Wildman–Crippen MR) is 625 cm³/mol. The maximum atomic E-state index is 14.0. The zero-order chi connectivity index (χ0) is 106. The summed E-state index contributed by atoms with van der Waals surface area (Å²) in [5.74, 6) is 1.88. The van der Waals surface area contributed by atoms with Gasteiger partial charge in [-0.25, -0.2) is 10.0 Å². The van der Waals surface area contributed by atoms with Gasteiger partial charge in [-0.3, -0.25) is 39.0 Å². The summed E-state index contributed by atoms with van der Waals surface area (Å²) in [5, 5.41) is 28.4. The zero-order valence-corrected chi connectivity index (χ0v) is 96.3. The number of nitrogens with zero attached hydrogens (tertiary/aromatic N) is 8. The van der Waals surface area contributed by atoms with Crippen molar-refractivity contribution in [2.75, 3.05) is 57.1 Å². The van der Waals surface area contributed by atoms with Crippen molar-refractivity contribution >= 4 is 262 Å². The minimum atomic E-state index is -0.782. The van der Waals surface area contributed by atoms with Gasteiger partial charge >= 0.3 is 0 Å². The number of para-hydroxylation sites is 1. The van der Waals surface area contributed by atoms with Crippen LogP contribution in [0.25, 0.3) is 0 Å². The molecule has 0 saturated carbocycles. The monoisotopic (exact) mass is 2280 g/mol. The highest BCUT2D eigenvalue weighted by atomic mass is 35.5. The first kappa shape index (κ1) is 123. The molecule has 796 valence electrons. The molecule has 36 heteroatoms. The number of unbranched alkanes of at least 4 members (excludes halogenated alkanes) is 28. The van der Waals surface area contributed by atoms with Crippen molar-refractivity contribution in [1.29, 1.82) is 0 Å². The van der Waals surface area contributed by atoms with E-state index in [1.165, 1.54) is 228 Å². The van der Waals surface area contributed by atoms with E-state index in [9.17, 15) is 33.6 Å². The smallest absolute Gasteiger partial charge is 0.268 e. The molecule has 147 heavy (non-hydrogen) atoms. The first-order valence-electron chi connectivity index (χ1n) is 51.3. The number of hydrogen-bond acceptors (Lipinski definition) is 18. The molecule has 0 bridgehead atoms. The van der Waals surface area contributed by atoms with Crippen molar-refractivity contribution in [3.63, 3.8) is 0 Å². The third-order valence-electron chi connectivity index (χ3n) is 24.2. The number of aliphatic imine (C=N–C) groups is 1. The number of carbonyl (C=O) groups is 7. The number of halogens is 10. The number of nitrogens with one attached hydrogen (secondary N) is 5. The summed E-state index contributed by atoms with van der Waals surface area (Å²) in [6.07, 6.45) is 40.2. The van der Waals surface area contributed by atoms with Crippen molar-refractivity contribution in [3.8, 4) is 5.75 Å². The second kappa shape index (κ2) is 67.2. The summed E-state index contributed by atoms with van der Waals surface area (Å²) in [4.78, 5) is 102. The number of carbonyl (C=O) groups excluding carboxylic acids is 7. The lowest BCUT2D eigenvalue weighted by atomic mass is 10.1. The van der Waals surface area contributed by atoms with Crippen LogP contribution in [0.15, 0.2) is 182 Å². The number of hydrogen-bond donors (Lipinski definition) is 5. The van der Waals surface area contributed by atoms with E-state index in [0.29, 0.717) is 108 Å². The normalized spacial score (nSPS) is 15.6. The van der Waals surface area contributed by atoms with Gasteiger partial charge in [-0.2, -0.15) is 30.7 Å². The summed E-state index contributed by atoms with van der Waals surface area (Å²) in [7, 11) is 1.54. The predicted octanol–water partition coefficient (Wildman–Crippen LogP) is 33.0. The molecule has 12 rings (SSSR count). The molecule has 8 aromatic rings. The fraction of sp³-hybridized carbons (Fsp3) is 0.468. The van der Waals surface area contributed by atoms with E-state index < -0.39 is 15.7 Å². The Labute approximate surface area is 936 Å². The number of rotatable bonds is 56. The van der Waals surface area contributed by atoms with Crippen LogP contribution in [0.1, 0.15) is 294 Å². The zero-order valence-electron chi connectivity index (χ0n) is 85.5. The molecule has 0 spiro atoms. The van der Waals surface area contributed by atoms with Crippen molar-refractivity contribution in [2.24, 2.45) is 20.3 Å². The Morgan fingerprint density at radius 3 is 1.46 bits per heavy atom. The summed E-state index contributed by atoms with van der Waals surface area (Å²) < 4.78 is 6.06. The molecule has 1 fully saturated rings. The third kappa shape index (κ3) is 39.9. The minimum absolute atomic E-state index is 0.111. The minimum Gasteiger partial charge on any atom is -0.492 e. The highest BCUT2D eigenvalue weighted by molar-refractivity contribution is 8.02. The largest absolute Gasteiger partial charge is 0.492 e. The molecule has 0 aliphatic carbocycles. The quantitative estimate of drug-likeness (QED) is 0.0175. The van der Waals surface area contributed by atoms with E-state index >= 15 is 0 Å². The molecule has 22 nitrogen and oxygen atoms in total. The van der Waals surface area contributed by atoms with Crippen LogP contribution in [0.5, 0.6) is 5.75 Å². The number of anilines is 5. The molecule has 0 aromatic heterocycles. The van der Waals surface area contributed by atoms with E-state index in [4.69, 9.17) is 131 Å². The molecule has 5 N–H and O–H groups in total. The Morgan fingerprint density at radius 1 is 0.442 bits per heavy atom. The van der Waals surface area contributed by atoms with Crippen LogP contribution in [0.3, 0.4) is 0 Å². The van der Waals surface area contributed by atoms with Crippen molar-refractivity contribution < 1.29 is 43.1 Å². The lowest BCUT2D eigenvalue weighted by molar-refractivity contribution is -0.120. The molecule has 4 atom stereocenters. The maximum Gasteiger partial charge on any atom is 0.268 e. The average molecular weight is 2280 g/mol. The molecule has 4 aliphatic rings. The highest BCUT2D eigenvalue weighted by Crippen LogP contribution is 2.46. The summed E-state index contributed by atoms with van der Waals surface area (Å²) in [6, 6.07) is 44.8. The second-order valence-electron chi connectivity index (χ2n) is 36.2. The number of aryl methyl sites for hydroxylation is 1. The van der Waals surface area contributed by atoms with Gasteiger partial charge in [-0.15, -0.1) is 52.1 Å². The van der Waals surface area contributed by atoms with Gasteiger partial charge in [0, 0.05) is 52.0 Å². The van der Waals surface area contributed by atoms with Crippen LogP contribution >= 0.6 is 163 Å². The number of hydroxylamine groups is 1. The van der Waals surface area contributed by atoms with Gasteiger partial charge in [0.15, 0.2) is 5.84 Å². The second-order valence-corrected chi connectivity index (χ2v) is 45.1. The molecular weight excluding hydrogens is 2140 g/mol. The molecule has 0 radical (unpaired) electrons. The maximum absolute atomic E-state index is 14.0. The number of amidine groups is 2. The van der Waals surface area contributed by atoms with E-state index in [1.54, 1.807) is 61.3 Å². The van der Waals surface area contributed by atoms with Gasteiger partial charge in [0.05, 0.1) is 82.3 Å². The Kier molecular flexibility index (Phi) is 56.2. The number of ether oxygens (including phenoxy) is 1. The highest BCUT2D eigenvalue weighted by Gasteiger charge is 2.45. The molecule has 7 amide bonds. The van der Waals surface area contributed by atoms with E-state index in [2.05, 4.69) is 76.8 Å². The first-order chi connectivity index (χ1) is 71.0. The summed E-state index contributed by atoms with van der Waals surface area (Å²) in [5.41, 5.74) is 13.5. The van der Waals surface area contributed by atoms with Crippen LogP contribution in [0.2, 0.25) is 50.2 Å². The van der Waals surface area contributed by atoms with Gasteiger partial charge < -0.3 is 25.5 Å². The van der Waals surface area contributed by atoms with E-state index in [0.717, 1.165) is 114 Å². The number of thioether (sulfide) groups is 4. The van der Waals surface area contributed by atoms with Gasteiger partial charge in [0.1, 0.15) is 49.6 Å². The van der Waals surface area contributed by atoms with Gasteiger partial charge in [-0.1, -0.05) is 385 Å². The number of amides is 7. The molecule has 4 unspecified atom stereocenters. The number of benzene rings is 8. The van der Waals surface area contributed by atoms with E-state index in [1.807, 2.05) is 98.8 Å². The molecule has 8 aromatic carbocycles. The lowest BCUT2D eigenvalue weighted by Gasteiger charge is -2.19. The van der Waals surface area contributed by atoms with Crippen molar-refractivity contribution in [2.45, 2.75) is 311 Å². The number of hydrazine groups is 1. The Morgan fingerprint density at radius 2 is 0.918 bits per heavy atom. The van der Waals surface area contributed by atoms with E-state index in [-0.39, 0.29) is 78.1 Å². The van der Waals surface area contributed by atoms with Crippen molar-refractivity contribution in [3.05, 3.63) is 224 Å². The fourth-order valence-corrected chi connectivity index (χ4v) is 23.9. The Hall–Kier alpha value is -7.45. The van der Waals surface area contributed by atoms with Gasteiger partial charge in [-0.05, 0) is 171 Å². The SMILES string of the molecule is CCCCCCCCCCCCSC1C(=O)N(c2c(Cl)cc(Cl)cc2Cl)N=C1NC(=O)CCCCCCC.CCCCCCCCCCCCSC1C(=O)N(c2c(Cl)cc(Cl)cc2Cl)N=C1c1ccccc1.CCCCCCCCNC(=O)c1ccc(N2N=C(C)C(Sc3ccccc3NC(C)=O)C2=O)cc1.CCCCOc1ccc(C)cc1SC1C(=O)N(c2c(Cl)cc(Cl)cc2Cl)NC1=Nc1cc(CNOC)ccc1Cl. The molecule has 4 aliphatic heterocycles. The van der Waals surface area contributed by atoms with Crippen LogP contribution in [-0.2, 0) is 40.1 Å². The number of hydrazone groups is 3. The summed E-state index contributed by atoms with van der Waals surface area (Å²) in [6.45, 7) is 17.9. The third-order valence-corrected chi connectivity index (χ3v) is 32.1. The van der Waals surface area contributed by atoms with Crippen molar-refractivity contribution in [1.82, 2.24) is 21.5 Å². The van der Waals surface area contributed by atoms with Gasteiger partial charge in [0.2, 0.25) is 11.8 Å². The fourth-order valence-electron chi connectivity index (χ4n) is 16.3. The van der Waals surface area contributed by atoms with Gasteiger partial charge in [0.25, 0.3) is 29.5 Å². The van der Waals surface area contributed by atoms with Crippen LogP contribution in [-0.4, -0.2) is 117 Å². The standard InChI is InChI=1S/C29H44Cl3N3O2S.C28H28Cl4N4O3S.C27H33Cl3N2OS.C27H34N4O3S/c1-3-5-7-9-10-11-12-13-15-17-19-38-27-28(33-25(36)18-16-14-8-6-4-2)34-35(29(27)37)26-23(31)20-22(30)21-24(26)32;1-4-5-10-39-23-9-6-16(2)11-24(23)40-26-27(34-22-12-17(15-33-38-3)7-8-19(22)30)35-36(28(26)37)25-20(31)13-18(29)14-21(25)32;1-2-3-4-5-6-7-8-9-10-14-17-34-26-24(20-15-12-11-13-16-20)31-32(27(26)33)25-22(29)18-21(28)19-23(25)30;1-4-5-6-7-8-11-18-28-26(33)21-14-16-22(17-15-21)31-27(34)25(19(2)30-31)35-24-13-10-9-12-23(24)29-20(3)32/h20-21,27H,3-19H2,1-2H3,(H,33,34,36);6-9,11-14,26,33H,4-5,10,15H2,1-3H3,(H,34,35);11-13,15-16,18-19,26H,2-10,14,17H2,1H3;9-10,12-17,25H,4-8,11,18H2,1-3H3,(H,28,33)(H,29,32). The van der Waals surface area contributed by atoms with Crippen LogP contribution in [0, 0.1) is 6.92 Å². The molecule has 4 heterocycles. The molecule has 1 saturated heterocycles. The average Bonchev–Trinajstić information content (AvgIpc) is 1.55. The first-order valence-corrected chi connectivity index (χ1v) is 59.0. The molecular formula is C111H139Cl10N13O9S4. The lowest BCUT2D eigenvalue weighted by Crippen LogP contribution is -2.39.